The standard InChI is InChI=1S/C20H27N3O6S2/c1-30(24,25)21-17-5-3-16(4-6-17)9-10-23-11-13-28-19-8-7-18(22-31(2,26)27)15-20(19)29-14-12-23/h3-8,15,21-22H,9-14H2,1-2H3. The van der Waals surface area contributed by atoms with Gasteiger partial charge in [-0.3, -0.25) is 14.3 Å². The Labute approximate surface area is 183 Å². The Balaban J connectivity index is 1.55. The number of ether oxygens (including phenoxy) is 2. The molecule has 0 unspecified atom stereocenters. The Hall–Kier alpha value is -2.50. The minimum atomic E-state index is -3.37. The molecule has 0 aromatic heterocycles. The van der Waals surface area contributed by atoms with Crippen molar-refractivity contribution in [2.75, 3.05) is 54.8 Å². The molecule has 0 bridgehead atoms. The number of rotatable bonds is 7. The van der Waals surface area contributed by atoms with E-state index < -0.39 is 20.0 Å². The third kappa shape index (κ3) is 7.93. The molecule has 0 fully saturated rings. The molecular weight excluding hydrogens is 442 g/mol. The average Bonchev–Trinajstić information content (AvgIpc) is 2.75. The number of nitrogens with zero attached hydrogens (tertiary/aromatic N) is 1. The highest BCUT2D eigenvalue weighted by Gasteiger charge is 2.14. The molecule has 3 rings (SSSR count). The molecule has 0 aliphatic carbocycles. The normalized spacial score (nSPS) is 15.4. The number of anilines is 2. The fourth-order valence-electron chi connectivity index (χ4n) is 3.16. The predicted octanol–water partition coefficient (Wildman–Crippen LogP) is 1.75. The minimum Gasteiger partial charge on any atom is -0.488 e. The summed E-state index contributed by atoms with van der Waals surface area (Å²) in [5, 5.41) is 0. The van der Waals surface area contributed by atoms with Gasteiger partial charge in [-0.25, -0.2) is 16.8 Å². The third-order valence-electron chi connectivity index (χ3n) is 4.55. The summed E-state index contributed by atoms with van der Waals surface area (Å²) in [6.45, 7) is 3.13. The highest BCUT2D eigenvalue weighted by Crippen LogP contribution is 2.31. The highest BCUT2D eigenvalue weighted by atomic mass is 32.2. The van der Waals surface area contributed by atoms with Crippen LogP contribution < -0.4 is 18.9 Å². The molecule has 170 valence electrons. The molecule has 2 aromatic carbocycles. The Morgan fingerprint density at radius 3 is 1.97 bits per heavy atom. The van der Waals surface area contributed by atoms with Crippen LogP contribution in [0.1, 0.15) is 5.56 Å². The number of hydrogen-bond acceptors (Lipinski definition) is 7. The van der Waals surface area contributed by atoms with Crippen molar-refractivity contribution in [3.05, 3.63) is 48.0 Å². The van der Waals surface area contributed by atoms with E-state index in [1.54, 1.807) is 30.3 Å². The van der Waals surface area contributed by atoms with Gasteiger partial charge in [0.25, 0.3) is 0 Å². The Bertz CT molecular complexity index is 1100. The number of fused-ring (bicyclic) bond motifs is 1. The molecule has 9 nitrogen and oxygen atoms in total. The predicted molar refractivity (Wildman–Crippen MR) is 121 cm³/mol. The van der Waals surface area contributed by atoms with Gasteiger partial charge in [-0.15, -0.1) is 0 Å². The minimum absolute atomic E-state index is 0.426. The van der Waals surface area contributed by atoms with E-state index in [1.807, 2.05) is 12.1 Å². The average molecular weight is 470 g/mol. The summed E-state index contributed by atoms with van der Waals surface area (Å²) in [4.78, 5) is 2.23. The van der Waals surface area contributed by atoms with Crippen LogP contribution in [0.5, 0.6) is 11.5 Å². The van der Waals surface area contributed by atoms with Gasteiger partial charge in [-0.1, -0.05) is 12.1 Å². The van der Waals surface area contributed by atoms with Gasteiger partial charge in [0.2, 0.25) is 20.0 Å². The van der Waals surface area contributed by atoms with Crippen LogP contribution >= 0.6 is 0 Å². The smallest absolute Gasteiger partial charge is 0.229 e. The first-order valence-electron chi connectivity index (χ1n) is 9.74. The SMILES string of the molecule is CS(=O)(=O)Nc1ccc(CCN2CCOc3ccc(NS(C)(=O)=O)cc3OCC2)cc1. The Kier molecular flexibility index (Phi) is 7.29. The maximum absolute atomic E-state index is 11.4. The molecule has 0 spiro atoms. The molecule has 1 aliphatic rings. The number of benzene rings is 2. The molecular formula is C20H27N3O6S2. The van der Waals surface area contributed by atoms with Gasteiger partial charge in [-0.05, 0) is 36.2 Å². The van der Waals surface area contributed by atoms with Crippen molar-refractivity contribution in [2.24, 2.45) is 0 Å². The summed E-state index contributed by atoms with van der Waals surface area (Å²) in [6.07, 6.45) is 3.02. The lowest BCUT2D eigenvalue weighted by molar-refractivity contribution is 0.198. The van der Waals surface area contributed by atoms with E-state index in [1.165, 1.54) is 0 Å². The first-order chi connectivity index (χ1) is 14.6. The van der Waals surface area contributed by atoms with E-state index in [9.17, 15) is 16.8 Å². The van der Waals surface area contributed by atoms with Crippen LogP contribution in [0, 0.1) is 0 Å². The van der Waals surface area contributed by atoms with E-state index in [2.05, 4.69) is 14.3 Å². The maximum atomic E-state index is 11.4. The topological polar surface area (TPSA) is 114 Å². The number of hydrogen-bond donors (Lipinski definition) is 2. The summed E-state index contributed by atoms with van der Waals surface area (Å²) in [6, 6.07) is 12.3. The molecule has 0 saturated carbocycles. The maximum Gasteiger partial charge on any atom is 0.229 e. The summed E-state index contributed by atoms with van der Waals surface area (Å²) in [5.41, 5.74) is 2.06. The fraction of sp³-hybridized carbons (Fsp3) is 0.400. The van der Waals surface area contributed by atoms with Gasteiger partial charge < -0.3 is 9.47 Å². The number of sulfonamides is 2. The van der Waals surface area contributed by atoms with Gasteiger partial charge >= 0.3 is 0 Å². The second-order valence-corrected chi connectivity index (χ2v) is 10.9. The van der Waals surface area contributed by atoms with E-state index in [4.69, 9.17) is 9.47 Å². The summed E-state index contributed by atoms with van der Waals surface area (Å²) in [5.74, 6) is 1.08. The van der Waals surface area contributed by atoms with Crippen molar-refractivity contribution in [1.82, 2.24) is 4.90 Å². The van der Waals surface area contributed by atoms with E-state index in [-0.39, 0.29) is 0 Å². The summed E-state index contributed by atoms with van der Waals surface area (Å²) >= 11 is 0. The van der Waals surface area contributed by atoms with Crippen LogP contribution in [-0.4, -0.2) is 67.1 Å². The van der Waals surface area contributed by atoms with Crippen molar-refractivity contribution in [1.29, 1.82) is 0 Å². The lowest BCUT2D eigenvalue weighted by Crippen LogP contribution is -2.33. The van der Waals surface area contributed by atoms with Crippen LogP contribution in [0.2, 0.25) is 0 Å². The van der Waals surface area contributed by atoms with Crippen molar-refractivity contribution in [2.45, 2.75) is 6.42 Å². The molecule has 1 aliphatic heterocycles. The van der Waals surface area contributed by atoms with Gasteiger partial charge in [0, 0.05) is 31.4 Å². The molecule has 0 amide bonds. The van der Waals surface area contributed by atoms with Gasteiger partial charge in [0.1, 0.15) is 13.2 Å². The van der Waals surface area contributed by atoms with Crippen molar-refractivity contribution in [3.8, 4) is 11.5 Å². The molecule has 0 atom stereocenters. The Morgan fingerprint density at radius 2 is 1.35 bits per heavy atom. The zero-order valence-corrected chi connectivity index (χ0v) is 19.1. The molecule has 1 heterocycles. The van der Waals surface area contributed by atoms with Crippen molar-refractivity contribution in [3.63, 3.8) is 0 Å². The van der Waals surface area contributed by atoms with Crippen LogP contribution in [0.25, 0.3) is 0 Å². The van der Waals surface area contributed by atoms with Crippen LogP contribution in [-0.2, 0) is 26.5 Å². The first-order valence-corrected chi connectivity index (χ1v) is 13.5. The molecule has 31 heavy (non-hydrogen) atoms. The van der Waals surface area contributed by atoms with Gasteiger partial charge in [0.05, 0.1) is 18.2 Å². The molecule has 0 radical (unpaired) electrons. The zero-order valence-electron chi connectivity index (χ0n) is 17.5. The van der Waals surface area contributed by atoms with Crippen LogP contribution in [0.4, 0.5) is 11.4 Å². The van der Waals surface area contributed by atoms with Crippen molar-refractivity contribution < 1.29 is 26.3 Å². The molecule has 2 aromatic rings. The second kappa shape index (κ2) is 9.75. The Morgan fingerprint density at radius 1 is 0.806 bits per heavy atom. The first kappa shape index (κ1) is 23.2. The summed E-state index contributed by atoms with van der Waals surface area (Å²) in [7, 11) is -6.65. The zero-order chi connectivity index (χ0) is 22.5. The van der Waals surface area contributed by atoms with E-state index in [0.717, 1.165) is 37.6 Å². The summed E-state index contributed by atoms with van der Waals surface area (Å²) < 4.78 is 62.0. The second-order valence-electron chi connectivity index (χ2n) is 7.40. The fourth-order valence-corrected chi connectivity index (χ4v) is 4.28. The molecule has 0 saturated heterocycles. The van der Waals surface area contributed by atoms with Gasteiger partial charge in [-0.2, -0.15) is 0 Å². The lowest BCUT2D eigenvalue weighted by atomic mass is 10.1. The van der Waals surface area contributed by atoms with Crippen LogP contribution in [0.3, 0.4) is 0 Å². The van der Waals surface area contributed by atoms with Crippen molar-refractivity contribution >= 4 is 31.4 Å². The van der Waals surface area contributed by atoms with Gasteiger partial charge in [0.15, 0.2) is 11.5 Å². The quantitative estimate of drug-likeness (QED) is 0.635. The molecule has 2 N–H and O–H groups in total. The van der Waals surface area contributed by atoms with E-state index in [0.29, 0.717) is 42.6 Å². The largest absolute Gasteiger partial charge is 0.488 e. The molecule has 11 heteroatoms. The lowest BCUT2D eigenvalue weighted by Gasteiger charge is -2.20. The number of nitrogens with one attached hydrogen (secondary N) is 2. The van der Waals surface area contributed by atoms with Crippen LogP contribution in [0.15, 0.2) is 42.5 Å². The highest BCUT2D eigenvalue weighted by molar-refractivity contribution is 7.92. The monoisotopic (exact) mass is 469 g/mol. The van der Waals surface area contributed by atoms with E-state index >= 15 is 0 Å². The third-order valence-corrected chi connectivity index (χ3v) is 5.76.